The first-order valence-electron chi connectivity index (χ1n) is 10.2. The van der Waals surface area contributed by atoms with Crippen LogP contribution in [-0.2, 0) is 4.79 Å². The number of aryl methyl sites for hydroxylation is 2. The van der Waals surface area contributed by atoms with Gasteiger partial charge in [0.15, 0.2) is 11.0 Å². The Labute approximate surface area is 194 Å². The number of rotatable bonds is 7. The molecule has 0 saturated carbocycles. The number of non-ortho nitro benzene ring substituents is 1. The van der Waals surface area contributed by atoms with E-state index in [1.165, 1.54) is 23.9 Å². The number of nitro benzene ring substituents is 1. The number of anilines is 1. The minimum Gasteiger partial charge on any atom is -0.325 e. The molecule has 4 aromatic rings. The number of benzene rings is 3. The molecule has 0 unspecified atom stereocenters. The van der Waals surface area contributed by atoms with Gasteiger partial charge in [0.25, 0.3) is 5.69 Å². The molecule has 9 heteroatoms. The number of hydrogen-bond acceptors (Lipinski definition) is 6. The van der Waals surface area contributed by atoms with Crippen LogP contribution in [0.4, 0.5) is 11.4 Å². The smallest absolute Gasteiger partial charge is 0.269 e. The molecule has 0 fully saturated rings. The van der Waals surface area contributed by atoms with Gasteiger partial charge in [-0.25, -0.2) is 0 Å². The second-order valence-electron chi connectivity index (χ2n) is 7.44. The van der Waals surface area contributed by atoms with Crippen molar-refractivity contribution in [2.24, 2.45) is 0 Å². The second kappa shape index (κ2) is 9.66. The van der Waals surface area contributed by atoms with Crippen LogP contribution in [0.25, 0.3) is 17.1 Å². The fourth-order valence-electron chi connectivity index (χ4n) is 3.36. The zero-order chi connectivity index (χ0) is 23.4. The van der Waals surface area contributed by atoms with Gasteiger partial charge in [-0.3, -0.25) is 19.5 Å². The monoisotopic (exact) mass is 459 g/mol. The van der Waals surface area contributed by atoms with E-state index < -0.39 is 4.92 Å². The van der Waals surface area contributed by atoms with Crippen molar-refractivity contribution in [1.29, 1.82) is 0 Å². The van der Waals surface area contributed by atoms with Gasteiger partial charge in [-0.05, 0) is 49.7 Å². The molecule has 4 rings (SSSR count). The van der Waals surface area contributed by atoms with Gasteiger partial charge in [-0.1, -0.05) is 47.7 Å². The zero-order valence-corrected chi connectivity index (χ0v) is 18.9. The third-order valence-corrected chi connectivity index (χ3v) is 5.90. The number of hydrogen-bond donors (Lipinski definition) is 1. The van der Waals surface area contributed by atoms with Gasteiger partial charge >= 0.3 is 0 Å². The summed E-state index contributed by atoms with van der Waals surface area (Å²) in [5.74, 6) is 0.540. The lowest BCUT2D eigenvalue weighted by atomic mass is 10.1. The molecule has 0 aliphatic carbocycles. The Kier molecular flexibility index (Phi) is 6.50. The quantitative estimate of drug-likeness (QED) is 0.232. The number of nitro groups is 1. The molecule has 1 heterocycles. The Bertz CT molecular complexity index is 1300. The van der Waals surface area contributed by atoms with Crippen molar-refractivity contribution in [3.63, 3.8) is 0 Å². The molecule has 0 spiro atoms. The number of aromatic nitrogens is 3. The first-order chi connectivity index (χ1) is 15.9. The van der Waals surface area contributed by atoms with Crippen LogP contribution >= 0.6 is 11.8 Å². The van der Waals surface area contributed by atoms with Gasteiger partial charge in [-0.15, -0.1) is 10.2 Å². The van der Waals surface area contributed by atoms with Gasteiger partial charge in [0.1, 0.15) is 0 Å². The lowest BCUT2D eigenvalue weighted by molar-refractivity contribution is -0.384. The zero-order valence-electron chi connectivity index (χ0n) is 18.1. The van der Waals surface area contributed by atoms with Crippen LogP contribution in [0.2, 0.25) is 0 Å². The highest BCUT2D eigenvalue weighted by Crippen LogP contribution is 2.29. The van der Waals surface area contributed by atoms with Crippen LogP contribution in [0.5, 0.6) is 0 Å². The lowest BCUT2D eigenvalue weighted by Gasteiger charge is -2.11. The molecular weight excluding hydrogens is 438 g/mol. The van der Waals surface area contributed by atoms with Gasteiger partial charge in [-0.2, -0.15) is 0 Å². The molecular formula is C24H21N5O3S. The molecule has 1 N–H and O–H groups in total. The number of para-hydroxylation sites is 1. The normalized spacial score (nSPS) is 10.7. The number of carbonyl (C=O) groups is 1. The van der Waals surface area contributed by atoms with Crippen molar-refractivity contribution in [1.82, 2.24) is 14.8 Å². The highest BCUT2D eigenvalue weighted by atomic mass is 32.2. The number of carbonyl (C=O) groups excluding carboxylic acids is 1. The molecule has 0 aliphatic heterocycles. The van der Waals surface area contributed by atoms with Crippen LogP contribution in [0.3, 0.4) is 0 Å². The van der Waals surface area contributed by atoms with Crippen LogP contribution in [0.15, 0.2) is 78.0 Å². The fraction of sp³-hybridized carbons (Fsp3) is 0.125. The summed E-state index contributed by atoms with van der Waals surface area (Å²) in [6, 6.07) is 21.6. The number of nitrogens with one attached hydrogen (secondary N) is 1. The summed E-state index contributed by atoms with van der Waals surface area (Å²) < 4.78 is 1.84. The SMILES string of the molecule is Cc1ccc(NC(=O)CSc2nnc(-c3ccc([N+](=O)[O-])cc3)n2-c2ccccc2)c(C)c1. The molecule has 0 radical (unpaired) electrons. The van der Waals surface area contributed by atoms with Gasteiger partial charge in [0.05, 0.1) is 10.7 Å². The molecule has 3 aromatic carbocycles. The average molecular weight is 460 g/mol. The van der Waals surface area contributed by atoms with Crippen molar-refractivity contribution in [3.8, 4) is 17.1 Å². The Morgan fingerprint density at radius 2 is 1.76 bits per heavy atom. The van der Waals surface area contributed by atoms with E-state index in [1.807, 2.05) is 66.9 Å². The lowest BCUT2D eigenvalue weighted by Crippen LogP contribution is -2.15. The van der Waals surface area contributed by atoms with Crippen LogP contribution < -0.4 is 5.32 Å². The maximum absolute atomic E-state index is 12.6. The molecule has 1 aromatic heterocycles. The van der Waals surface area contributed by atoms with Crippen molar-refractivity contribution in [3.05, 3.63) is 94.0 Å². The minimum absolute atomic E-state index is 0.00203. The van der Waals surface area contributed by atoms with Gasteiger partial charge < -0.3 is 5.32 Å². The van der Waals surface area contributed by atoms with Crippen LogP contribution in [-0.4, -0.2) is 31.3 Å². The Balaban J connectivity index is 1.59. The maximum Gasteiger partial charge on any atom is 0.269 e. The molecule has 0 bridgehead atoms. The minimum atomic E-state index is -0.443. The molecule has 0 aliphatic rings. The van der Waals surface area contributed by atoms with E-state index in [0.29, 0.717) is 16.5 Å². The second-order valence-corrected chi connectivity index (χ2v) is 8.38. The van der Waals surface area contributed by atoms with E-state index in [-0.39, 0.29) is 17.3 Å². The first kappa shape index (κ1) is 22.2. The predicted molar refractivity (Wildman–Crippen MR) is 129 cm³/mol. The molecule has 166 valence electrons. The van der Waals surface area contributed by atoms with Crippen molar-refractivity contribution in [2.75, 3.05) is 11.1 Å². The summed E-state index contributed by atoms with van der Waals surface area (Å²) in [6.07, 6.45) is 0. The Morgan fingerprint density at radius 3 is 2.42 bits per heavy atom. The van der Waals surface area contributed by atoms with E-state index in [4.69, 9.17) is 0 Å². The number of nitrogens with zero attached hydrogens (tertiary/aromatic N) is 4. The standard InChI is InChI=1S/C24H21N5O3S/c1-16-8-13-21(17(2)14-16)25-22(30)15-33-24-27-26-23(28(24)19-6-4-3-5-7-19)18-9-11-20(12-10-18)29(31)32/h3-14H,15H2,1-2H3,(H,25,30). The molecule has 8 nitrogen and oxygen atoms in total. The highest BCUT2D eigenvalue weighted by Gasteiger charge is 2.18. The molecule has 0 saturated heterocycles. The summed E-state index contributed by atoms with van der Waals surface area (Å²) in [7, 11) is 0. The topological polar surface area (TPSA) is 103 Å². The Hall–Kier alpha value is -3.98. The molecule has 33 heavy (non-hydrogen) atoms. The van der Waals surface area contributed by atoms with E-state index in [9.17, 15) is 14.9 Å². The number of thioether (sulfide) groups is 1. The van der Waals surface area contributed by atoms with Gasteiger partial charge in [0, 0.05) is 29.1 Å². The molecule has 0 atom stereocenters. The van der Waals surface area contributed by atoms with E-state index in [1.54, 1.807) is 12.1 Å². The average Bonchev–Trinajstić information content (AvgIpc) is 3.24. The van der Waals surface area contributed by atoms with E-state index in [0.717, 1.165) is 22.5 Å². The fourth-order valence-corrected chi connectivity index (χ4v) is 4.11. The summed E-state index contributed by atoms with van der Waals surface area (Å²) >= 11 is 1.27. The van der Waals surface area contributed by atoms with Crippen molar-refractivity contribution < 1.29 is 9.72 Å². The summed E-state index contributed by atoms with van der Waals surface area (Å²) in [6.45, 7) is 3.96. The van der Waals surface area contributed by atoms with Crippen LogP contribution in [0.1, 0.15) is 11.1 Å². The largest absolute Gasteiger partial charge is 0.325 e. The van der Waals surface area contributed by atoms with Gasteiger partial charge in [0.2, 0.25) is 5.91 Å². The maximum atomic E-state index is 12.6. The van der Waals surface area contributed by atoms with Crippen molar-refractivity contribution >= 4 is 29.0 Å². The third kappa shape index (κ3) is 5.09. The van der Waals surface area contributed by atoms with E-state index in [2.05, 4.69) is 15.5 Å². The van der Waals surface area contributed by atoms with Crippen LogP contribution in [0, 0.1) is 24.0 Å². The first-order valence-corrected chi connectivity index (χ1v) is 11.2. The summed E-state index contributed by atoms with van der Waals surface area (Å²) in [5.41, 5.74) is 4.43. The summed E-state index contributed by atoms with van der Waals surface area (Å²) in [4.78, 5) is 23.1. The predicted octanol–water partition coefficient (Wildman–Crippen LogP) is 5.19. The summed E-state index contributed by atoms with van der Waals surface area (Å²) in [5, 5.41) is 23.1. The third-order valence-electron chi connectivity index (χ3n) is 4.97. The highest BCUT2D eigenvalue weighted by molar-refractivity contribution is 7.99. The molecule has 1 amide bonds. The Morgan fingerprint density at radius 1 is 1.03 bits per heavy atom. The van der Waals surface area contributed by atoms with E-state index >= 15 is 0 Å². The van der Waals surface area contributed by atoms with Crippen molar-refractivity contribution in [2.45, 2.75) is 19.0 Å². The number of amides is 1.